The zero-order valence-corrected chi connectivity index (χ0v) is 8.15. The van der Waals surface area contributed by atoms with Gasteiger partial charge in [-0.2, -0.15) is 4.79 Å². The van der Waals surface area contributed by atoms with E-state index in [1.807, 2.05) is 25.2 Å². The van der Waals surface area contributed by atoms with Crippen LogP contribution in [0.1, 0.15) is 12.6 Å². The van der Waals surface area contributed by atoms with E-state index in [1.54, 1.807) is 6.08 Å². The second-order valence-corrected chi connectivity index (χ2v) is 2.86. The van der Waals surface area contributed by atoms with Crippen LogP contribution in [0, 0.1) is 0 Å². The molecule has 0 unspecified atom stereocenters. The molecule has 0 radical (unpaired) electrons. The van der Waals surface area contributed by atoms with Crippen LogP contribution < -0.4 is 0 Å². The molecule has 1 aromatic rings. The van der Waals surface area contributed by atoms with Crippen LogP contribution in [-0.2, 0) is 6.42 Å². The molecule has 0 amide bonds. The Kier molecular flexibility index (Phi) is 3.85. The minimum absolute atomic E-state index is 0.455. The summed E-state index contributed by atoms with van der Waals surface area (Å²) in [5.41, 5.74) is 1.76. The number of aromatic nitrogens is 2. The molecule has 0 bridgehead atoms. The molecule has 1 rings (SSSR count). The summed E-state index contributed by atoms with van der Waals surface area (Å²) in [6, 6.07) is 0. The number of imidazole rings is 1. The fourth-order valence-corrected chi connectivity index (χ4v) is 1.18. The molecule has 1 heterocycles. The highest BCUT2D eigenvalue weighted by Crippen LogP contribution is 2.07. The van der Waals surface area contributed by atoms with Crippen molar-refractivity contribution in [2.24, 2.45) is 0 Å². The Hall–Kier alpha value is -1.64. The molecule has 0 saturated heterocycles. The summed E-state index contributed by atoms with van der Waals surface area (Å²) in [6.45, 7) is 5.55. The molecule has 0 aliphatic carbocycles. The van der Waals surface area contributed by atoms with Gasteiger partial charge < -0.3 is 0 Å². The Morgan fingerprint density at radius 2 is 2.50 bits per heavy atom. The van der Waals surface area contributed by atoms with Gasteiger partial charge in [0.1, 0.15) is 6.33 Å². The summed E-state index contributed by atoms with van der Waals surface area (Å²) in [6.07, 6.45) is 10.6. The van der Waals surface area contributed by atoms with Gasteiger partial charge in [-0.3, -0.25) is 0 Å². The fourth-order valence-electron chi connectivity index (χ4n) is 1.18. The lowest BCUT2D eigenvalue weighted by atomic mass is 10.1. The monoisotopic (exact) mass is 192 g/mol. The van der Waals surface area contributed by atoms with Gasteiger partial charge in [-0.25, -0.2) is 4.98 Å². The zero-order chi connectivity index (χ0) is 10.4. The zero-order valence-electron chi connectivity index (χ0n) is 8.15. The first-order chi connectivity index (χ1) is 6.76. The minimum atomic E-state index is 0.455. The van der Waals surface area contributed by atoms with E-state index in [9.17, 15) is 4.48 Å². The maximum Gasteiger partial charge on any atom is 0.126 e. The van der Waals surface area contributed by atoms with E-state index in [2.05, 4.69) is 11.6 Å². The van der Waals surface area contributed by atoms with E-state index in [0.717, 1.165) is 11.9 Å². The number of halogens is 1. The van der Waals surface area contributed by atoms with Gasteiger partial charge >= 0.3 is 0 Å². The van der Waals surface area contributed by atoms with Crippen molar-refractivity contribution in [1.29, 1.82) is 0 Å². The molecule has 0 saturated carbocycles. The molecular formula is C11H13FN2. The third-order valence-electron chi connectivity index (χ3n) is 1.70. The first-order valence-electron chi connectivity index (χ1n) is 4.39. The molecule has 1 aromatic heterocycles. The number of rotatable bonds is 4. The lowest BCUT2D eigenvalue weighted by Gasteiger charge is -1.96. The highest BCUT2D eigenvalue weighted by atomic mass is 19.2. The van der Waals surface area contributed by atoms with Crippen molar-refractivity contribution >= 4 is 0 Å². The molecule has 0 aliphatic heterocycles. The fraction of sp³-hybridized carbons (Fsp3) is 0.182. The molecule has 2 nitrogen and oxygen atoms in total. The van der Waals surface area contributed by atoms with Crippen molar-refractivity contribution in [2.75, 3.05) is 0 Å². The van der Waals surface area contributed by atoms with Gasteiger partial charge in [0.25, 0.3) is 0 Å². The molecule has 3 heteroatoms. The molecule has 14 heavy (non-hydrogen) atoms. The summed E-state index contributed by atoms with van der Waals surface area (Å²) >= 11 is 0. The molecule has 0 N–H and O–H groups in total. The smallest absolute Gasteiger partial charge is 0.126 e. The van der Waals surface area contributed by atoms with Gasteiger partial charge in [0.05, 0.1) is 11.9 Å². The molecule has 0 aromatic carbocycles. The molecule has 0 atom stereocenters. The second-order valence-electron chi connectivity index (χ2n) is 2.86. The topological polar surface area (TPSA) is 17.8 Å². The standard InChI is InChI=1S/C11H13FN2/c1-3-5-10(6-4-2)7-11-8-14(12)9-13-11/h3-6,8-9H,1,7H2,2H3/b6-4-,10-5+. The highest BCUT2D eigenvalue weighted by Gasteiger charge is 1.99. The van der Waals surface area contributed by atoms with Crippen molar-refractivity contribution in [3.05, 3.63) is 54.7 Å². The van der Waals surface area contributed by atoms with E-state index in [4.69, 9.17) is 0 Å². The largest absolute Gasteiger partial charge is 0.239 e. The maximum atomic E-state index is 12.5. The molecular weight excluding hydrogens is 179 g/mol. The third-order valence-corrected chi connectivity index (χ3v) is 1.70. The number of hydrogen-bond donors (Lipinski definition) is 0. The number of allylic oxidation sites excluding steroid dienone is 5. The summed E-state index contributed by atoms with van der Waals surface area (Å²) in [4.78, 5) is 4.35. The summed E-state index contributed by atoms with van der Waals surface area (Å²) in [7, 11) is 0. The van der Waals surface area contributed by atoms with Crippen LogP contribution in [-0.4, -0.2) is 9.77 Å². The quantitative estimate of drug-likeness (QED) is 0.671. The van der Waals surface area contributed by atoms with Gasteiger partial charge in [0.15, 0.2) is 0 Å². The lowest BCUT2D eigenvalue weighted by Crippen LogP contribution is -1.87. The summed E-state index contributed by atoms with van der Waals surface area (Å²) in [5.74, 6) is 0. The first-order valence-corrected chi connectivity index (χ1v) is 4.39. The third kappa shape index (κ3) is 3.01. The van der Waals surface area contributed by atoms with Crippen LogP contribution in [0.15, 0.2) is 49.0 Å². The lowest BCUT2D eigenvalue weighted by molar-refractivity contribution is 0.368. The van der Waals surface area contributed by atoms with Crippen molar-refractivity contribution < 1.29 is 4.48 Å². The highest BCUT2D eigenvalue weighted by molar-refractivity contribution is 5.26. The van der Waals surface area contributed by atoms with Crippen LogP contribution in [0.4, 0.5) is 4.48 Å². The Morgan fingerprint density at radius 3 is 3.00 bits per heavy atom. The first kappa shape index (κ1) is 10.4. The van der Waals surface area contributed by atoms with E-state index < -0.39 is 0 Å². The number of nitrogens with zero attached hydrogens (tertiary/aromatic N) is 2. The van der Waals surface area contributed by atoms with Gasteiger partial charge in [-0.1, -0.05) is 35.4 Å². The van der Waals surface area contributed by atoms with Crippen molar-refractivity contribution in [3.63, 3.8) is 0 Å². The second kappa shape index (κ2) is 5.17. The van der Waals surface area contributed by atoms with Gasteiger partial charge in [-0.15, -0.1) is 0 Å². The van der Waals surface area contributed by atoms with Crippen LogP contribution in [0.2, 0.25) is 0 Å². The average molecular weight is 192 g/mol. The van der Waals surface area contributed by atoms with Crippen LogP contribution in [0.5, 0.6) is 0 Å². The van der Waals surface area contributed by atoms with Crippen molar-refractivity contribution in [3.8, 4) is 0 Å². The molecule has 74 valence electrons. The predicted molar refractivity (Wildman–Crippen MR) is 55.5 cm³/mol. The molecule has 0 fully saturated rings. The van der Waals surface area contributed by atoms with Crippen LogP contribution in [0.25, 0.3) is 0 Å². The summed E-state index contributed by atoms with van der Waals surface area (Å²) < 4.78 is 12.5. The number of hydrogen-bond acceptors (Lipinski definition) is 1. The predicted octanol–water partition coefficient (Wildman–Crippen LogP) is 2.85. The van der Waals surface area contributed by atoms with E-state index in [-0.39, 0.29) is 0 Å². The van der Waals surface area contributed by atoms with Gasteiger partial charge in [0.2, 0.25) is 0 Å². The molecule has 0 spiro atoms. The Balaban J connectivity index is 2.74. The van der Waals surface area contributed by atoms with Crippen LogP contribution in [0.3, 0.4) is 0 Å². The Bertz CT molecular complexity index is 361. The van der Waals surface area contributed by atoms with Gasteiger partial charge in [-0.05, 0) is 12.5 Å². The maximum absolute atomic E-state index is 12.5. The van der Waals surface area contributed by atoms with Crippen LogP contribution >= 0.6 is 0 Å². The van der Waals surface area contributed by atoms with Crippen molar-refractivity contribution in [1.82, 2.24) is 9.77 Å². The minimum Gasteiger partial charge on any atom is -0.239 e. The van der Waals surface area contributed by atoms with E-state index in [0.29, 0.717) is 16.9 Å². The van der Waals surface area contributed by atoms with Gasteiger partial charge in [0, 0.05) is 6.42 Å². The Labute approximate surface area is 83.0 Å². The normalized spacial score (nSPS) is 12.3. The van der Waals surface area contributed by atoms with E-state index >= 15 is 0 Å². The molecule has 0 aliphatic rings. The summed E-state index contributed by atoms with van der Waals surface area (Å²) in [5, 5.41) is 0. The van der Waals surface area contributed by atoms with E-state index in [1.165, 1.54) is 6.20 Å². The Morgan fingerprint density at radius 1 is 1.71 bits per heavy atom. The average Bonchev–Trinajstić information content (AvgIpc) is 2.52. The van der Waals surface area contributed by atoms with Crippen molar-refractivity contribution in [2.45, 2.75) is 13.3 Å². The SMILES string of the molecule is C=C/C=C(\C=C/C)Cc1cn(F)cn1.